The molecule has 0 bridgehead atoms. The molecule has 0 heterocycles. The lowest BCUT2D eigenvalue weighted by molar-refractivity contribution is 0.424. The van der Waals surface area contributed by atoms with Crippen molar-refractivity contribution in [2.75, 3.05) is 11.9 Å². The number of rotatable bonds is 5. The predicted octanol–water partition coefficient (Wildman–Crippen LogP) is 4.46. The lowest BCUT2D eigenvalue weighted by Gasteiger charge is -2.29. The Morgan fingerprint density at radius 3 is 2.47 bits per heavy atom. The van der Waals surface area contributed by atoms with Crippen molar-refractivity contribution in [1.82, 2.24) is 5.32 Å². The molecule has 0 aliphatic heterocycles. The van der Waals surface area contributed by atoms with Gasteiger partial charge in [0.25, 0.3) is 0 Å². The Morgan fingerprint density at radius 1 is 1.32 bits per heavy atom. The van der Waals surface area contributed by atoms with Crippen molar-refractivity contribution < 1.29 is 0 Å². The zero-order chi connectivity index (χ0) is 14.6. The Bertz CT molecular complexity index is 410. The predicted molar refractivity (Wildman–Crippen MR) is 86.2 cm³/mol. The van der Waals surface area contributed by atoms with Gasteiger partial charge in [-0.2, -0.15) is 0 Å². The third kappa shape index (κ3) is 5.04. The fraction of sp³-hybridized carbons (Fsp3) is 0.625. The second-order valence-corrected chi connectivity index (χ2v) is 6.68. The zero-order valence-electron chi connectivity index (χ0n) is 13.0. The second kappa shape index (κ2) is 6.62. The van der Waals surface area contributed by atoms with E-state index in [9.17, 15) is 0 Å². The van der Waals surface area contributed by atoms with E-state index in [-0.39, 0.29) is 5.54 Å². The van der Waals surface area contributed by atoms with Crippen LogP contribution in [-0.4, -0.2) is 18.6 Å². The van der Waals surface area contributed by atoms with Gasteiger partial charge in [-0.3, -0.25) is 0 Å². The van der Waals surface area contributed by atoms with Crippen LogP contribution < -0.4 is 10.2 Å². The van der Waals surface area contributed by atoms with Crippen LogP contribution in [0.5, 0.6) is 0 Å². The maximum absolute atomic E-state index is 6.14. The molecule has 0 saturated heterocycles. The van der Waals surface area contributed by atoms with E-state index in [2.05, 4.69) is 64.0 Å². The molecule has 2 nitrogen and oxygen atoms in total. The topological polar surface area (TPSA) is 15.3 Å². The number of nitrogens with zero attached hydrogens (tertiary/aromatic N) is 1. The zero-order valence-corrected chi connectivity index (χ0v) is 13.8. The van der Waals surface area contributed by atoms with Gasteiger partial charge in [0, 0.05) is 35.9 Å². The Labute approximate surface area is 123 Å². The van der Waals surface area contributed by atoms with Crippen molar-refractivity contribution in [2.45, 2.75) is 59.2 Å². The first-order valence-electron chi connectivity index (χ1n) is 7.01. The van der Waals surface area contributed by atoms with Crippen LogP contribution in [0, 0.1) is 0 Å². The Kier molecular flexibility index (Phi) is 5.69. The highest BCUT2D eigenvalue weighted by atomic mass is 35.5. The van der Waals surface area contributed by atoms with Crippen LogP contribution >= 0.6 is 11.6 Å². The van der Waals surface area contributed by atoms with Gasteiger partial charge in [0.05, 0.1) is 0 Å². The average molecular weight is 283 g/mol. The van der Waals surface area contributed by atoms with Crippen LogP contribution in [0.2, 0.25) is 5.02 Å². The van der Waals surface area contributed by atoms with E-state index < -0.39 is 0 Å². The molecule has 1 aromatic rings. The van der Waals surface area contributed by atoms with Crippen LogP contribution in [0.15, 0.2) is 18.2 Å². The van der Waals surface area contributed by atoms with Crippen LogP contribution in [0.1, 0.15) is 46.6 Å². The summed E-state index contributed by atoms with van der Waals surface area (Å²) in [5, 5.41) is 4.33. The molecule has 0 aromatic heterocycles. The fourth-order valence-electron chi connectivity index (χ4n) is 1.91. The first kappa shape index (κ1) is 16.3. The van der Waals surface area contributed by atoms with Crippen LogP contribution in [-0.2, 0) is 6.54 Å². The molecule has 0 spiro atoms. The molecular weight excluding hydrogens is 256 g/mol. The van der Waals surface area contributed by atoms with Crippen molar-refractivity contribution in [3.8, 4) is 0 Å². The number of anilines is 1. The van der Waals surface area contributed by atoms with Gasteiger partial charge < -0.3 is 10.2 Å². The largest absolute Gasteiger partial charge is 0.372 e. The highest BCUT2D eigenvalue weighted by molar-refractivity contribution is 6.30. The van der Waals surface area contributed by atoms with Gasteiger partial charge in [0.2, 0.25) is 0 Å². The third-order valence-electron chi connectivity index (χ3n) is 3.48. The molecular formula is C16H27ClN2. The second-order valence-electron chi connectivity index (χ2n) is 6.24. The van der Waals surface area contributed by atoms with Crippen LogP contribution in [0.25, 0.3) is 0 Å². The smallest absolute Gasteiger partial charge is 0.0412 e. The highest BCUT2D eigenvalue weighted by Gasteiger charge is 2.15. The van der Waals surface area contributed by atoms with E-state index in [4.69, 9.17) is 11.6 Å². The summed E-state index contributed by atoms with van der Waals surface area (Å²) in [7, 11) is 2.15. The molecule has 0 saturated carbocycles. The van der Waals surface area contributed by atoms with Gasteiger partial charge in [0.15, 0.2) is 0 Å². The van der Waals surface area contributed by atoms with Crippen molar-refractivity contribution in [3.63, 3.8) is 0 Å². The minimum Gasteiger partial charge on any atom is -0.372 e. The van der Waals surface area contributed by atoms with E-state index in [0.717, 1.165) is 18.0 Å². The van der Waals surface area contributed by atoms with Crippen molar-refractivity contribution in [3.05, 3.63) is 28.8 Å². The first-order chi connectivity index (χ1) is 8.74. The van der Waals surface area contributed by atoms with Gasteiger partial charge in [-0.1, -0.05) is 18.5 Å². The van der Waals surface area contributed by atoms with Crippen molar-refractivity contribution in [2.24, 2.45) is 0 Å². The summed E-state index contributed by atoms with van der Waals surface area (Å²) in [5.74, 6) is 0. The molecule has 1 N–H and O–H groups in total. The SMILES string of the molecule is CCC(C)N(C)c1ccc(Cl)cc1CNC(C)(C)C. The molecule has 19 heavy (non-hydrogen) atoms. The van der Waals surface area contributed by atoms with Gasteiger partial charge in [-0.05, 0) is 57.9 Å². The normalized spacial score (nSPS) is 13.4. The summed E-state index contributed by atoms with van der Waals surface area (Å²) in [5.41, 5.74) is 2.62. The van der Waals surface area contributed by atoms with Gasteiger partial charge in [0.1, 0.15) is 0 Å². The number of hydrogen-bond donors (Lipinski definition) is 1. The van der Waals surface area contributed by atoms with E-state index in [1.807, 2.05) is 6.07 Å². The lowest BCUT2D eigenvalue weighted by Crippen LogP contribution is -2.36. The summed E-state index contributed by atoms with van der Waals surface area (Å²) in [4.78, 5) is 2.33. The summed E-state index contributed by atoms with van der Waals surface area (Å²) in [6.07, 6.45) is 1.13. The standard InChI is InChI=1S/C16H27ClN2/c1-7-12(2)19(6)15-9-8-14(17)10-13(15)11-18-16(3,4)5/h8-10,12,18H,7,11H2,1-6H3. The molecule has 1 rings (SSSR count). The third-order valence-corrected chi connectivity index (χ3v) is 3.72. The maximum atomic E-state index is 6.14. The molecule has 1 unspecified atom stereocenters. The summed E-state index contributed by atoms with van der Waals surface area (Å²) in [6, 6.07) is 6.67. The molecule has 1 aromatic carbocycles. The quantitative estimate of drug-likeness (QED) is 0.858. The van der Waals surface area contributed by atoms with Crippen molar-refractivity contribution in [1.29, 1.82) is 0 Å². The molecule has 0 amide bonds. The average Bonchev–Trinajstić information content (AvgIpc) is 2.34. The molecule has 108 valence electrons. The van der Waals surface area contributed by atoms with Crippen molar-refractivity contribution >= 4 is 17.3 Å². The molecule has 0 radical (unpaired) electrons. The minimum absolute atomic E-state index is 0.106. The van der Waals surface area contributed by atoms with Crippen LogP contribution in [0.4, 0.5) is 5.69 Å². The Balaban J connectivity index is 2.97. The number of hydrogen-bond acceptors (Lipinski definition) is 2. The fourth-order valence-corrected chi connectivity index (χ4v) is 2.11. The van der Waals surface area contributed by atoms with Gasteiger partial charge in [-0.15, -0.1) is 0 Å². The number of benzene rings is 1. The first-order valence-corrected chi connectivity index (χ1v) is 7.38. The Morgan fingerprint density at radius 2 is 1.95 bits per heavy atom. The van der Waals surface area contributed by atoms with E-state index >= 15 is 0 Å². The molecule has 0 aliphatic carbocycles. The van der Waals surface area contributed by atoms with E-state index in [0.29, 0.717) is 6.04 Å². The van der Waals surface area contributed by atoms with E-state index in [1.54, 1.807) is 0 Å². The summed E-state index contributed by atoms with van der Waals surface area (Å²) in [6.45, 7) is 11.8. The highest BCUT2D eigenvalue weighted by Crippen LogP contribution is 2.26. The maximum Gasteiger partial charge on any atom is 0.0412 e. The molecule has 1 atom stereocenters. The van der Waals surface area contributed by atoms with Gasteiger partial charge in [-0.25, -0.2) is 0 Å². The number of halogens is 1. The van der Waals surface area contributed by atoms with E-state index in [1.165, 1.54) is 11.3 Å². The molecule has 0 aliphatic rings. The molecule has 0 fully saturated rings. The molecule has 3 heteroatoms. The van der Waals surface area contributed by atoms with Gasteiger partial charge >= 0.3 is 0 Å². The van der Waals surface area contributed by atoms with Crippen LogP contribution in [0.3, 0.4) is 0 Å². The number of nitrogens with one attached hydrogen (secondary N) is 1. The summed E-state index contributed by atoms with van der Waals surface area (Å²) >= 11 is 6.14. The lowest BCUT2D eigenvalue weighted by atomic mass is 10.1. The Hall–Kier alpha value is -0.730. The summed E-state index contributed by atoms with van der Waals surface area (Å²) < 4.78 is 0. The minimum atomic E-state index is 0.106. The monoisotopic (exact) mass is 282 g/mol.